The van der Waals surface area contributed by atoms with Crippen LogP contribution in [-0.2, 0) is 4.79 Å². The maximum absolute atomic E-state index is 12.4. The van der Waals surface area contributed by atoms with Gasteiger partial charge in [-0.1, -0.05) is 17.7 Å². The molecule has 0 spiro atoms. The van der Waals surface area contributed by atoms with Crippen molar-refractivity contribution < 1.29 is 14.6 Å². The SMILES string of the molecule is COc1cc(/C=C2/SC(N3CCN(c4ncccc4Cl)CC3)=NC2=O)ccc1O. The molecule has 2 aliphatic rings. The smallest absolute Gasteiger partial charge is 0.286 e. The summed E-state index contributed by atoms with van der Waals surface area (Å²) in [5.41, 5.74) is 0.765. The molecule has 2 aliphatic heterocycles. The Bertz CT molecular complexity index is 1000. The van der Waals surface area contributed by atoms with Crippen LogP contribution >= 0.6 is 23.4 Å². The third-order valence-electron chi connectivity index (χ3n) is 4.70. The molecule has 0 unspecified atom stereocenters. The molecule has 9 heteroatoms. The van der Waals surface area contributed by atoms with E-state index in [2.05, 4.69) is 19.8 Å². The molecule has 1 saturated heterocycles. The third-order valence-corrected chi connectivity index (χ3v) is 6.04. The summed E-state index contributed by atoms with van der Waals surface area (Å²) in [5.74, 6) is 0.947. The number of carbonyl (C=O) groups excluding carboxylic acids is 1. The van der Waals surface area contributed by atoms with E-state index in [1.165, 1.54) is 18.9 Å². The van der Waals surface area contributed by atoms with E-state index in [9.17, 15) is 9.90 Å². The van der Waals surface area contributed by atoms with Gasteiger partial charge in [0.2, 0.25) is 0 Å². The molecule has 4 rings (SSSR count). The zero-order valence-electron chi connectivity index (χ0n) is 15.7. The van der Waals surface area contributed by atoms with Crippen molar-refractivity contribution >= 4 is 46.3 Å². The van der Waals surface area contributed by atoms with E-state index in [0.717, 1.165) is 37.6 Å². The summed E-state index contributed by atoms with van der Waals surface area (Å²) in [5, 5.41) is 11.1. The van der Waals surface area contributed by atoms with Gasteiger partial charge < -0.3 is 19.6 Å². The zero-order chi connectivity index (χ0) is 20.4. The molecule has 3 heterocycles. The van der Waals surface area contributed by atoms with E-state index < -0.39 is 0 Å². The number of aromatic hydroxyl groups is 1. The maximum atomic E-state index is 12.4. The Labute approximate surface area is 177 Å². The first-order valence-electron chi connectivity index (χ1n) is 9.05. The number of anilines is 1. The van der Waals surface area contributed by atoms with Gasteiger partial charge in [0, 0.05) is 32.4 Å². The number of thioether (sulfide) groups is 1. The number of hydrogen-bond acceptors (Lipinski definition) is 7. The van der Waals surface area contributed by atoms with Gasteiger partial charge in [0.1, 0.15) is 5.82 Å². The van der Waals surface area contributed by atoms with Crippen LogP contribution in [0.3, 0.4) is 0 Å². The number of methoxy groups -OCH3 is 1. The number of benzene rings is 1. The minimum atomic E-state index is -0.257. The summed E-state index contributed by atoms with van der Waals surface area (Å²) in [6.07, 6.45) is 3.49. The van der Waals surface area contributed by atoms with Crippen LogP contribution in [0, 0.1) is 0 Å². The molecular weight excluding hydrogens is 412 g/mol. The lowest BCUT2D eigenvalue weighted by molar-refractivity contribution is -0.113. The highest BCUT2D eigenvalue weighted by Gasteiger charge is 2.29. The molecule has 1 aromatic heterocycles. The van der Waals surface area contributed by atoms with E-state index in [1.807, 2.05) is 12.1 Å². The van der Waals surface area contributed by atoms with Gasteiger partial charge in [-0.05, 0) is 47.7 Å². The average Bonchev–Trinajstić information content (AvgIpc) is 3.10. The van der Waals surface area contributed by atoms with E-state index in [-0.39, 0.29) is 11.7 Å². The monoisotopic (exact) mass is 430 g/mol. The number of ether oxygens (including phenoxy) is 1. The number of piperazine rings is 1. The molecule has 2 aromatic rings. The molecule has 0 aliphatic carbocycles. The van der Waals surface area contributed by atoms with E-state index in [4.69, 9.17) is 16.3 Å². The molecule has 1 N–H and O–H groups in total. The fraction of sp³-hybridized carbons (Fsp3) is 0.250. The lowest BCUT2D eigenvalue weighted by Crippen LogP contribution is -2.48. The predicted molar refractivity (Wildman–Crippen MR) is 116 cm³/mol. The van der Waals surface area contributed by atoms with Crippen LogP contribution in [0.2, 0.25) is 5.02 Å². The van der Waals surface area contributed by atoms with E-state index in [1.54, 1.807) is 30.5 Å². The fourth-order valence-corrected chi connectivity index (χ4v) is 4.39. The quantitative estimate of drug-likeness (QED) is 0.749. The second kappa shape index (κ2) is 8.34. The highest BCUT2D eigenvalue weighted by Crippen LogP contribution is 2.33. The number of rotatable bonds is 3. The van der Waals surface area contributed by atoms with Gasteiger partial charge in [0.05, 0.1) is 17.0 Å². The number of aromatic nitrogens is 1. The Hall–Kier alpha value is -2.71. The van der Waals surface area contributed by atoms with Gasteiger partial charge in [-0.2, -0.15) is 4.99 Å². The largest absolute Gasteiger partial charge is 0.504 e. The van der Waals surface area contributed by atoms with Crippen molar-refractivity contribution in [3.05, 3.63) is 52.0 Å². The van der Waals surface area contributed by atoms with Crippen molar-refractivity contribution in [1.29, 1.82) is 0 Å². The van der Waals surface area contributed by atoms with Gasteiger partial charge >= 0.3 is 0 Å². The summed E-state index contributed by atoms with van der Waals surface area (Å²) in [6.45, 7) is 2.95. The summed E-state index contributed by atoms with van der Waals surface area (Å²) in [7, 11) is 1.49. The van der Waals surface area contributed by atoms with Crippen molar-refractivity contribution in [2.24, 2.45) is 4.99 Å². The number of amides is 1. The minimum Gasteiger partial charge on any atom is -0.504 e. The molecule has 150 valence electrons. The lowest BCUT2D eigenvalue weighted by atomic mass is 10.2. The first kappa shape index (κ1) is 19.6. The molecule has 1 aromatic carbocycles. The van der Waals surface area contributed by atoms with Gasteiger partial charge in [0.25, 0.3) is 5.91 Å². The molecule has 0 saturated carbocycles. The van der Waals surface area contributed by atoms with Crippen molar-refractivity contribution in [3.63, 3.8) is 0 Å². The van der Waals surface area contributed by atoms with Crippen LogP contribution in [-0.4, -0.2) is 59.4 Å². The predicted octanol–water partition coefficient (Wildman–Crippen LogP) is 3.24. The number of pyridine rings is 1. The number of amidine groups is 1. The highest BCUT2D eigenvalue weighted by molar-refractivity contribution is 8.18. The number of nitrogens with zero attached hydrogens (tertiary/aromatic N) is 4. The summed E-state index contributed by atoms with van der Waals surface area (Å²) in [4.78, 5) is 25.7. The summed E-state index contributed by atoms with van der Waals surface area (Å²) in [6, 6.07) is 8.60. The summed E-state index contributed by atoms with van der Waals surface area (Å²) >= 11 is 7.61. The normalized spacial score (nSPS) is 18.3. The number of phenolic OH excluding ortho intramolecular Hbond substituents is 1. The molecular formula is C20H19ClN4O3S. The van der Waals surface area contributed by atoms with Gasteiger partial charge in [-0.3, -0.25) is 4.79 Å². The fourth-order valence-electron chi connectivity index (χ4n) is 3.19. The van der Waals surface area contributed by atoms with Crippen molar-refractivity contribution in [2.45, 2.75) is 0 Å². The van der Waals surface area contributed by atoms with Crippen LogP contribution in [0.15, 0.2) is 46.4 Å². The Balaban J connectivity index is 1.42. The molecule has 1 amide bonds. The van der Waals surface area contributed by atoms with Crippen molar-refractivity contribution in [1.82, 2.24) is 9.88 Å². The molecule has 1 fully saturated rings. The van der Waals surface area contributed by atoms with Crippen LogP contribution in [0.4, 0.5) is 5.82 Å². The maximum Gasteiger partial charge on any atom is 0.286 e. The number of halogens is 1. The second-order valence-electron chi connectivity index (χ2n) is 6.52. The lowest BCUT2D eigenvalue weighted by Gasteiger charge is -2.36. The van der Waals surface area contributed by atoms with Gasteiger partial charge in [-0.25, -0.2) is 4.98 Å². The number of aliphatic imine (C=N–C) groups is 1. The Morgan fingerprint density at radius 2 is 1.97 bits per heavy atom. The standard InChI is InChI=1S/C20H19ClN4O3S/c1-28-16-11-13(4-5-15(16)26)12-17-19(27)23-20(29-17)25-9-7-24(8-10-25)18-14(21)3-2-6-22-18/h2-6,11-12,26H,7-10H2,1H3/b17-12+. The highest BCUT2D eigenvalue weighted by atomic mass is 35.5. The van der Waals surface area contributed by atoms with Crippen LogP contribution in [0.1, 0.15) is 5.56 Å². The summed E-state index contributed by atoms with van der Waals surface area (Å²) < 4.78 is 5.12. The van der Waals surface area contributed by atoms with Crippen molar-refractivity contribution in [3.8, 4) is 11.5 Å². The van der Waals surface area contributed by atoms with E-state index >= 15 is 0 Å². The topological polar surface area (TPSA) is 78.3 Å². The first-order valence-corrected chi connectivity index (χ1v) is 10.2. The average molecular weight is 431 g/mol. The van der Waals surface area contributed by atoms with Crippen LogP contribution in [0.25, 0.3) is 6.08 Å². The Morgan fingerprint density at radius 1 is 1.21 bits per heavy atom. The second-order valence-corrected chi connectivity index (χ2v) is 7.94. The molecule has 0 atom stereocenters. The first-order chi connectivity index (χ1) is 14.0. The number of hydrogen-bond donors (Lipinski definition) is 1. The minimum absolute atomic E-state index is 0.0582. The zero-order valence-corrected chi connectivity index (χ0v) is 17.3. The van der Waals surface area contributed by atoms with Crippen molar-refractivity contribution in [2.75, 3.05) is 38.2 Å². The number of carbonyl (C=O) groups is 1. The van der Waals surface area contributed by atoms with Gasteiger partial charge in [-0.15, -0.1) is 0 Å². The number of phenols is 1. The molecule has 0 bridgehead atoms. The van der Waals surface area contributed by atoms with Gasteiger partial charge in [0.15, 0.2) is 16.7 Å². The molecule has 0 radical (unpaired) electrons. The molecule has 29 heavy (non-hydrogen) atoms. The third kappa shape index (κ3) is 4.18. The van der Waals surface area contributed by atoms with E-state index in [0.29, 0.717) is 20.8 Å². The Morgan fingerprint density at radius 3 is 2.69 bits per heavy atom. The van der Waals surface area contributed by atoms with Crippen LogP contribution < -0.4 is 9.64 Å². The van der Waals surface area contributed by atoms with Crippen LogP contribution in [0.5, 0.6) is 11.5 Å². The Kier molecular flexibility index (Phi) is 5.64. The molecule has 7 nitrogen and oxygen atoms in total.